The summed E-state index contributed by atoms with van der Waals surface area (Å²) >= 11 is 15.3. The predicted molar refractivity (Wildman–Crippen MR) is 88.0 cm³/mol. The summed E-state index contributed by atoms with van der Waals surface area (Å²) < 4.78 is 0.764. The second-order valence-corrected chi connectivity index (χ2v) is 5.87. The molecule has 0 atom stereocenters. The van der Waals surface area contributed by atoms with E-state index >= 15 is 0 Å². The molecule has 2 rings (SSSR count). The highest BCUT2D eigenvalue weighted by atomic mass is 79.9. The molecule has 0 heterocycles. The number of benzene rings is 2. The molecule has 0 saturated carbocycles. The summed E-state index contributed by atoms with van der Waals surface area (Å²) in [6, 6.07) is 10.1. The van der Waals surface area contributed by atoms with Crippen molar-refractivity contribution in [3.05, 3.63) is 56.5 Å². The molecular formula is C14H11BrCl2N2O. The molecule has 2 N–H and O–H groups in total. The van der Waals surface area contributed by atoms with E-state index < -0.39 is 0 Å². The Labute approximate surface area is 135 Å². The van der Waals surface area contributed by atoms with E-state index in [4.69, 9.17) is 23.2 Å². The standard InChI is InChI=1S/C14H11BrCl2N2O/c1-8-5-11(15)13(7-12(8)17)19-14(20)18-10-4-2-3-9(16)6-10/h2-7H,1H3,(H2,18,19,20). The van der Waals surface area contributed by atoms with Crippen molar-refractivity contribution in [3.63, 3.8) is 0 Å². The van der Waals surface area contributed by atoms with Crippen LogP contribution in [0.4, 0.5) is 16.2 Å². The minimum absolute atomic E-state index is 0.368. The summed E-state index contributed by atoms with van der Waals surface area (Å²) in [6.45, 7) is 1.89. The zero-order valence-corrected chi connectivity index (χ0v) is 13.6. The lowest BCUT2D eigenvalue weighted by Gasteiger charge is -2.11. The predicted octanol–water partition coefficient (Wildman–Crippen LogP) is 5.71. The Hall–Kier alpha value is -1.23. The van der Waals surface area contributed by atoms with Gasteiger partial charge in [0.2, 0.25) is 0 Å². The monoisotopic (exact) mass is 372 g/mol. The molecule has 0 bridgehead atoms. The Morgan fingerprint density at radius 1 is 1.15 bits per heavy atom. The van der Waals surface area contributed by atoms with Crippen LogP contribution >= 0.6 is 39.1 Å². The molecule has 2 aromatic rings. The molecule has 0 aromatic heterocycles. The largest absolute Gasteiger partial charge is 0.323 e. The van der Waals surface area contributed by atoms with Crippen LogP contribution in [0, 0.1) is 6.92 Å². The van der Waals surface area contributed by atoms with Gasteiger partial charge in [-0.1, -0.05) is 29.3 Å². The van der Waals surface area contributed by atoms with E-state index in [-0.39, 0.29) is 6.03 Å². The summed E-state index contributed by atoms with van der Waals surface area (Å²) in [4.78, 5) is 11.9. The van der Waals surface area contributed by atoms with Crippen molar-refractivity contribution in [2.45, 2.75) is 6.92 Å². The van der Waals surface area contributed by atoms with Gasteiger partial charge in [0.25, 0.3) is 0 Å². The first-order valence-electron chi connectivity index (χ1n) is 5.75. The average Bonchev–Trinajstić information content (AvgIpc) is 2.36. The van der Waals surface area contributed by atoms with E-state index in [2.05, 4.69) is 26.6 Å². The highest BCUT2D eigenvalue weighted by molar-refractivity contribution is 9.10. The van der Waals surface area contributed by atoms with Crippen molar-refractivity contribution in [2.24, 2.45) is 0 Å². The Morgan fingerprint density at radius 3 is 2.60 bits per heavy atom. The molecule has 6 heteroatoms. The van der Waals surface area contributed by atoms with Gasteiger partial charge in [-0.05, 0) is 58.7 Å². The summed E-state index contributed by atoms with van der Waals surface area (Å²) in [7, 11) is 0. The van der Waals surface area contributed by atoms with E-state index in [0.29, 0.717) is 21.4 Å². The molecule has 2 aromatic carbocycles. The highest BCUT2D eigenvalue weighted by Crippen LogP contribution is 2.29. The molecule has 0 aliphatic carbocycles. The van der Waals surface area contributed by atoms with Gasteiger partial charge >= 0.3 is 6.03 Å². The molecule has 0 aliphatic rings. The number of hydrogen-bond donors (Lipinski definition) is 2. The Bertz CT molecular complexity index is 662. The SMILES string of the molecule is Cc1cc(Br)c(NC(=O)Nc2cccc(Cl)c2)cc1Cl. The van der Waals surface area contributed by atoms with E-state index in [1.54, 1.807) is 30.3 Å². The molecular weight excluding hydrogens is 363 g/mol. The van der Waals surface area contributed by atoms with Crippen LogP contribution in [0.5, 0.6) is 0 Å². The second-order valence-electron chi connectivity index (χ2n) is 4.17. The first kappa shape index (κ1) is 15.2. The van der Waals surface area contributed by atoms with Gasteiger partial charge in [-0.2, -0.15) is 0 Å². The maximum absolute atomic E-state index is 11.9. The van der Waals surface area contributed by atoms with Crippen LogP contribution in [0.1, 0.15) is 5.56 Å². The maximum atomic E-state index is 11.9. The van der Waals surface area contributed by atoms with Crippen LogP contribution in [-0.4, -0.2) is 6.03 Å². The molecule has 0 aliphatic heterocycles. The molecule has 0 radical (unpaired) electrons. The minimum atomic E-state index is -0.368. The summed E-state index contributed by atoms with van der Waals surface area (Å²) in [6.07, 6.45) is 0. The van der Waals surface area contributed by atoms with Crippen LogP contribution in [0.15, 0.2) is 40.9 Å². The van der Waals surface area contributed by atoms with Crippen molar-refractivity contribution in [1.82, 2.24) is 0 Å². The highest BCUT2D eigenvalue weighted by Gasteiger charge is 2.08. The summed E-state index contributed by atoms with van der Waals surface area (Å²) in [5.74, 6) is 0. The molecule has 3 nitrogen and oxygen atoms in total. The van der Waals surface area contributed by atoms with E-state index in [1.807, 2.05) is 13.0 Å². The van der Waals surface area contributed by atoms with E-state index in [9.17, 15) is 4.79 Å². The summed E-state index contributed by atoms with van der Waals surface area (Å²) in [5, 5.41) is 6.56. The normalized spacial score (nSPS) is 10.2. The van der Waals surface area contributed by atoms with Gasteiger partial charge in [0.05, 0.1) is 5.69 Å². The van der Waals surface area contributed by atoms with Crippen molar-refractivity contribution in [3.8, 4) is 0 Å². The fourth-order valence-corrected chi connectivity index (χ4v) is 2.50. The van der Waals surface area contributed by atoms with E-state index in [0.717, 1.165) is 10.0 Å². The quantitative estimate of drug-likeness (QED) is 0.695. The van der Waals surface area contributed by atoms with E-state index in [1.165, 1.54) is 0 Å². The number of rotatable bonds is 2. The van der Waals surface area contributed by atoms with Gasteiger partial charge in [0.15, 0.2) is 0 Å². The fourth-order valence-electron chi connectivity index (χ4n) is 1.59. The number of nitrogens with one attached hydrogen (secondary N) is 2. The molecule has 2 amide bonds. The Kier molecular flexibility index (Phi) is 4.91. The van der Waals surface area contributed by atoms with Crippen LogP contribution in [0.2, 0.25) is 10.0 Å². The zero-order valence-electron chi connectivity index (χ0n) is 10.5. The minimum Gasteiger partial charge on any atom is -0.308 e. The van der Waals surface area contributed by atoms with Crippen LogP contribution in [0.3, 0.4) is 0 Å². The van der Waals surface area contributed by atoms with Gasteiger partial charge in [-0.3, -0.25) is 0 Å². The van der Waals surface area contributed by atoms with Gasteiger partial charge in [0.1, 0.15) is 0 Å². The molecule has 0 saturated heterocycles. The Balaban J connectivity index is 2.10. The third-order valence-electron chi connectivity index (χ3n) is 2.58. The van der Waals surface area contributed by atoms with Gasteiger partial charge in [0, 0.05) is 20.2 Å². The number of halogens is 3. The van der Waals surface area contributed by atoms with Crippen LogP contribution in [0.25, 0.3) is 0 Å². The zero-order chi connectivity index (χ0) is 14.7. The lowest BCUT2D eigenvalue weighted by molar-refractivity contribution is 0.262. The molecule has 0 spiro atoms. The molecule has 20 heavy (non-hydrogen) atoms. The number of aryl methyl sites for hydroxylation is 1. The molecule has 104 valence electrons. The topological polar surface area (TPSA) is 41.1 Å². The van der Waals surface area contributed by atoms with Crippen LogP contribution in [-0.2, 0) is 0 Å². The number of carbonyl (C=O) groups excluding carboxylic acids is 1. The fraction of sp³-hybridized carbons (Fsp3) is 0.0714. The molecule has 0 unspecified atom stereocenters. The Morgan fingerprint density at radius 2 is 1.90 bits per heavy atom. The third kappa shape index (κ3) is 3.88. The second kappa shape index (κ2) is 6.48. The van der Waals surface area contributed by atoms with Gasteiger partial charge in [-0.15, -0.1) is 0 Å². The maximum Gasteiger partial charge on any atom is 0.323 e. The lowest BCUT2D eigenvalue weighted by atomic mass is 10.2. The van der Waals surface area contributed by atoms with Crippen molar-refractivity contribution < 1.29 is 4.79 Å². The number of urea groups is 1. The molecule has 0 fully saturated rings. The van der Waals surface area contributed by atoms with Crippen molar-refractivity contribution >= 4 is 56.5 Å². The number of anilines is 2. The average molecular weight is 374 g/mol. The van der Waals surface area contributed by atoms with Gasteiger partial charge < -0.3 is 10.6 Å². The van der Waals surface area contributed by atoms with Gasteiger partial charge in [-0.25, -0.2) is 4.79 Å². The first-order chi connectivity index (χ1) is 9.45. The number of hydrogen-bond acceptors (Lipinski definition) is 1. The first-order valence-corrected chi connectivity index (χ1v) is 7.30. The van der Waals surface area contributed by atoms with Crippen molar-refractivity contribution in [2.75, 3.05) is 10.6 Å². The number of amides is 2. The van der Waals surface area contributed by atoms with Crippen molar-refractivity contribution in [1.29, 1.82) is 0 Å². The number of carbonyl (C=O) groups is 1. The smallest absolute Gasteiger partial charge is 0.308 e. The third-order valence-corrected chi connectivity index (χ3v) is 3.88. The summed E-state index contributed by atoms with van der Waals surface area (Å²) in [5.41, 5.74) is 2.14. The van der Waals surface area contributed by atoms with Crippen LogP contribution < -0.4 is 10.6 Å². The lowest BCUT2D eigenvalue weighted by Crippen LogP contribution is -2.19.